The van der Waals surface area contributed by atoms with Crippen molar-refractivity contribution < 1.29 is 5.48 Å². The third-order valence-corrected chi connectivity index (χ3v) is 2.31. The van der Waals surface area contributed by atoms with Gasteiger partial charge in [0.15, 0.2) is 0 Å². The third kappa shape index (κ3) is 3.83. The Morgan fingerprint density at radius 3 is 2.57 bits per heavy atom. The molecule has 0 aromatic heterocycles. The van der Waals surface area contributed by atoms with Crippen LogP contribution in [0.15, 0.2) is 24.0 Å². The molecule has 1 aliphatic heterocycles. The number of likely N-dealkylation sites (N-methyl/N-ethyl adjacent to an activating group) is 1. The maximum Gasteiger partial charge on any atom is 0.0376 e. The summed E-state index contributed by atoms with van der Waals surface area (Å²) >= 11 is 0. The van der Waals surface area contributed by atoms with E-state index in [0.717, 1.165) is 6.54 Å². The van der Waals surface area contributed by atoms with E-state index in [4.69, 9.17) is 0 Å². The molecule has 0 saturated heterocycles. The van der Waals surface area contributed by atoms with Crippen LogP contribution in [-0.2, 0) is 0 Å². The molecule has 0 fully saturated rings. The monoisotopic (exact) mass is 198 g/mol. The van der Waals surface area contributed by atoms with Gasteiger partial charge in [0.2, 0.25) is 0 Å². The highest BCUT2D eigenvalue weighted by Gasteiger charge is 2.04. The maximum atomic E-state index is 2.36. The van der Waals surface area contributed by atoms with Gasteiger partial charge in [-0.2, -0.15) is 0 Å². The molecule has 0 spiro atoms. The second-order valence-electron chi connectivity index (χ2n) is 3.69. The lowest BCUT2D eigenvalue weighted by molar-refractivity contribution is 0.389. The van der Waals surface area contributed by atoms with Gasteiger partial charge in [0.25, 0.3) is 0 Å². The third-order valence-electron chi connectivity index (χ3n) is 2.31. The van der Waals surface area contributed by atoms with Crippen LogP contribution in [0, 0.1) is 0 Å². The second-order valence-corrected chi connectivity index (χ2v) is 3.69. The van der Waals surface area contributed by atoms with E-state index in [1.165, 1.54) is 25.1 Å². The molecule has 1 rings (SSSR count). The standard InChI is InChI=1S/C11H20N2.H2O/c1-4-5-8-13-9-6-11(7-10-13)12(2)3;/h6-7,9H,4-5,8,10H2,1-3H3;1H2. The minimum atomic E-state index is 0. The Labute approximate surface area is 87.0 Å². The second kappa shape index (κ2) is 6.49. The smallest absolute Gasteiger partial charge is 0.0376 e. The van der Waals surface area contributed by atoms with Gasteiger partial charge in [-0.05, 0) is 18.6 Å². The van der Waals surface area contributed by atoms with Crippen LogP contribution in [0.5, 0.6) is 0 Å². The lowest BCUT2D eigenvalue weighted by Gasteiger charge is -2.25. The molecule has 1 heterocycles. The van der Waals surface area contributed by atoms with Crippen molar-refractivity contribution in [3.8, 4) is 0 Å². The fourth-order valence-corrected chi connectivity index (χ4v) is 1.38. The van der Waals surface area contributed by atoms with Crippen molar-refractivity contribution in [2.24, 2.45) is 0 Å². The van der Waals surface area contributed by atoms with E-state index < -0.39 is 0 Å². The molecule has 0 amide bonds. The van der Waals surface area contributed by atoms with Crippen molar-refractivity contribution in [3.63, 3.8) is 0 Å². The van der Waals surface area contributed by atoms with E-state index in [2.05, 4.69) is 49.2 Å². The van der Waals surface area contributed by atoms with E-state index in [-0.39, 0.29) is 5.48 Å². The van der Waals surface area contributed by atoms with E-state index in [0.29, 0.717) is 0 Å². The van der Waals surface area contributed by atoms with Crippen LogP contribution >= 0.6 is 0 Å². The first-order valence-electron chi connectivity index (χ1n) is 5.03. The molecule has 3 nitrogen and oxygen atoms in total. The summed E-state index contributed by atoms with van der Waals surface area (Å²) in [6, 6.07) is 0. The van der Waals surface area contributed by atoms with Crippen LogP contribution in [0.1, 0.15) is 19.8 Å². The van der Waals surface area contributed by atoms with Crippen LogP contribution in [0.4, 0.5) is 0 Å². The molecular formula is C11H22N2O. The van der Waals surface area contributed by atoms with Crippen LogP contribution in [0.25, 0.3) is 0 Å². The molecule has 82 valence electrons. The minimum absolute atomic E-state index is 0. The first-order chi connectivity index (χ1) is 6.24. The van der Waals surface area contributed by atoms with Gasteiger partial charge < -0.3 is 15.3 Å². The first-order valence-corrected chi connectivity index (χ1v) is 5.03. The summed E-state index contributed by atoms with van der Waals surface area (Å²) in [6.45, 7) is 4.48. The predicted octanol–water partition coefficient (Wildman–Crippen LogP) is 1.24. The highest BCUT2D eigenvalue weighted by molar-refractivity contribution is 5.20. The summed E-state index contributed by atoms with van der Waals surface area (Å²) in [5.41, 5.74) is 1.31. The molecule has 14 heavy (non-hydrogen) atoms. The molecule has 0 radical (unpaired) electrons. The van der Waals surface area contributed by atoms with Crippen molar-refractivity contribution in [3.05, 3.63) is 24.0 Å². The molecule has 0 unspecified atom stereocenters. The highest BCUT2D eigenvalue weighted by Crippen LogP contribution is 2.09. The van der Waals surface area contributed by atoms with Crippen molar-refractivity contribution in [2.45, 2.75) is 19.8 Å². The van der Waals surface area contributed by atoms with Crippen molar-refractivity contribution in [1.82, 2.24) is 9.80 Å². The average Bonchev–Trinajstić information content (AvgIpc) is 2.15. The number of nitrogens with zero attached hydrogens (tertiary/aromatic N) is 2. The van der Waals surface area contributed by atoms with Gasteiger partial charge >= 0.3 is 0 Å². The van der Waals surface area contributed by atoms with Gasteiger partial charge in [-0.15, -0.1) is 0 Å². The zero-order valence-corrected chi connectivity index (χ0v) is 9.45. The van der Waals surface area contributed by atoms with Crippen LogP contribution < -0.4 is 0 Å². The fourth-order valence-electron chi connectivity index (χ4n) is 1.38. The van der Waals surface area contributed by atoms with Crippen molar-refractivity contribution >= 4 is 0 Å². The number of hydrogen-bond donors (Lipinski definition) is 0. The molecular weight excluding hydrogens is 176 g/mol. The van der Waals surface area contributed by atoms with E-state index >= 15 is 0 Å². The zero-order valence-electron chi connectivity index (χ0n) is 9.45. The fraction of sp³-hybridized carbons (Fsp3) is 0.636. The SMILES string of the molecule is CCCCN1C=CC(N(C)C)=CC1.O. The summed E-state index contributed by atoms with van der Waals surface area (Å²) in [5.74, 6) is 0. The normalized spacial score (nSPS) is 14.8. The lowest BCUT2D eigenvalue weighted by Crippen LogP contribution is -2.23. The lowest BCUT2D eigenvalue weighted by atomic mass is 10.2. The summed E-state index contributed by atoms with van der Waals surface area (Å²) in [5, 5.41) is 0. The number of hydrogen-bond acceptors (Lipinski definition) is 2. The Bertz CT molecular complexity index is 209. The Kier molecular flexibility index (Phi) is 6.04. The molecule has 0 aromatic rings. The van der Waals surface area contributed by atoms with Crippen LogP contribution in [0.2, 0.25) is 0 Å². The van der Waals surface area contributed by atoms with Gasteiger partial charge in [-0.25, -0.2) is 0 Å². The Balaban J connectivity index is 0.00000169. The summed E-state index contributed by atoms with van der Waals surface area (Å²) in [6.07, 6.45) is 9.21. The highest BCUT2D eigenvalue weighted by atomic mass is 16.0. The number of rotatable bonds is 4. The van der Waals surface area contributed by atoms with E-state index in [9.17, 15) is 0 Å². The van der Waals surface area contributed by atoms with Gasteiger partial charge in [-0.3, -0.25) is 0 Å². The van der Waals surface area contributed by atoms with Gasteiger partial charge in [0.05, 0.1) is 0 Å². The predicted molar refractivity (Wildman–Crippen MR) is 61.0 cm³/mol. The number of unbranched alkanes of at least 4 members (excludes halogenated alkanes) is 1. The minimum Gasteiger partial charge on any atom is -0.412 e. The number of allylic oxidation sites excluding steroid dienone is 1. The van der Waals surface area contributed by atoms with Gasteiger partial charge in [-0.1, -0.05) is 13.3 Å². The largest absolute Gasteiger partial charge is 0.412 e. The molecule has 0 saturated carbocycles. The average molecular weight is 198 g/mol. The maximum absolute atomic E-state index is 2.36. The summed E-state index contributed by atoms with van der Waals surface area (Å²) < 4.78 is 0. The molecule has 2 N–H and O–H groups in total. The zero-order chi connectivity index (χ0) is 9.68. The van der Waals surface area contributed by atoms with Crippen LogP contribution in [-0.4, -0.2) is 42.5 Å². The quantitative estimate of drug-likeness (QED) is 0.681. The van der Waals surface area contributed by atoms with E-state index in [1.54, 1.807) is 0 Å². The molecule has 0 atom stereocenters. The Morgan fingerprint density at radius 2 is 2.14 bits per heavy atom. The first kappa shape index (κ1) is 13.0. The van der Waals surface area contributed by atoms with E-state index in [1.807, 2.05) is 0 Å². The van der Waals surface area contributed by atoms with Crippen LogP contribution in [0.3, 0.4) is 0 Å². The topological polar surface area (TPSA) is 38.0 Å². The molecule has 1 aliphatic rings. The van der Waals surface area contributed by atoms with Crippen molar-refractivity contribution in [1.29, 1.82) is 0 Å². The van der Waals surface area contributed by atoms with Gasteiger partial charge in [0, 0.05) is 39.1 Å². The molecule has 0 bridgehead atoms. The Morgan fingerprint density at radius 1 is 1.43 bits per heavy atom. The van der Waals surface area contributed by atoms with Crippen molar-refractivity contribution in [2.75, 3.05) is 27.2 Å². The Hall–Kier alpha value is -0.960. The molecule has 0 aliphatic carbocycles. The summed E-state index contributed by atoms with van der Waals surface area (Å²) in [4.78, 5) is 4.50. The molecule has 3 heteroatoms. The summed E-state index contributed by atoms with van der Waals surface area (Å²) in [7, 11) is 4.16. The molecule has 0 aromatic carbocycles. The van der Waals surface area contributed by atoms with Gasteiger partial charge in [0.1, 0.15) is 0 Å².